The van der Waals surface area contributed by atoms with Crippen LogP contribution in [0.3, 0.4) is 0 Å². The first kappa shape index (κ1) is 18.3. The van der Waals surface area contributed by atoms with Crippen LogP contribution in [0.2, 0.25) is 0 Å². The van der Waals surface area contributed by atoms with Gasteiger partial charge in [0.2, 0.25) is 0 Å². The van der Waals surface area contributed by atoms with E-state index >= 15 is 0 Å². The normalized spacial score (nSPS) is 14.2. The number of hydrogen-bond donors (Lipinski definition) is 0. The topological polar surface area (TPSA) is 18.5 Å². The van der Waals surface area contributed by atoms with Crippen LogP contribution in [0.4, 0.5) is 0 Å². The fourth-order valence-electron chi connectivity index (χ4n) is 0.877. The molecule has 2 atom stereocenters. The Morgan fingerprint density at radius 2 is 1.19 bits per heavy atom. The van der Waals surface area contributed by atoms with Gasteiger partial charge >= 0.3 is 0 Å². The van der Waals surface area contributed by atoms with Gasteiger partial charge in [0.25, 0.3) is 0 Å². The molecular weight excluding hydrogens is 200 g/mol. The third kappa shape index (κ3) is 16.4. The molecular formula is C14H32O2. The van der Waals surface area contributed by atoms with Gasteiger partial charge in [-0.15, -0.1) is 0 Å². The number of hydrogen-bond acceptors (Lipinski definition) is 2. The van der Waals surface area contributed by atoms with Gasteiger partial charge in [0.15, 0.2) is 0 Å². The van der Waals surface area contributed by atoms with Gasteiger partial charge in [-0.1, -0.05) is 27.7 Å². The molecule has 0 bridgehead atoms. The molecule has 0 aromatic heterocycles. The van der Waals surface area contributed by atoms with Crippen molar-refractivity contribution in [3.05, 3.63) is 0 Å². The van der Waals surface area contributed by atoms with E-state index in [9.17, 15) is 0 Å². The van der Waals surface area contributed by atoms with Gasteiger partial charge in [-0.3, -0.25) is 0 Å². The lowest BCUT2D eigenvalue weighted by Crippen LogP contribution is -2.10. The Morgan fingerprint density at radius 1 is 0.750 bits per heavy atom. The lowest BCUT2D eigenvalue weighted by atomic mass is 10.2. The molecule has 2 unspecified atom stereocenters. The Balaban J connectivity index is 0. The van der Waals surface area contributed by atoms with Crippen molar-refractivity contribution in [2.45, 2.75) is 73.5 Å². The average Bonchev–Trinajstić information content (AvgIpc) is 2.26. The van der Waals surface area contributed by atoms with E-state index in [4.69, 9.17) is 9.47 Å². The van der Waals surface area contributed by atoms with Crippen LogP contribution in [0.25, 0.3) is 0 Å². The molecule has 0 aromatic carbocycles. The standard InChI is InChI=1S/C8H18O.C6H14O/c1-5-8(4)9-6-7(2)3;1-4-6(3)7-5-2/h7-8H,5-6H2,1-4H3;6H,4-5H2,1-3H3. The first-order chi connectivity index (χ1) is 7.47. The SMILES string of the molecule is CCC(C)OCC(C)C.CCOC(C)CC. The van der Waals surface area contributed by atoms with E-state index in [0.717, 1.165) is 26.1 Å². The van der Waals surface area contributed by atoms with E-state index in [2.05, 4.69) is 41.5 Å². The third-order valence-electron chi connectivity index (χ3n) is 2.32. The summed E-state index contributed by atoms with van der Waals surface area (Å²) < 4.78 is 10.6. The van der Waals surface area contributed by atoms with E-state index in [-0.39, 0.29) is 0 Å². The Morgan fingerprint density at radius 3 is 1.44 bits per heavy atom. The monoisotopic (exact) mass is 232 g/mol. The van der Waals surface area contributed by atoms with Crippen molar-refractivity contribution in [3.8, 4) is 0 Å². The largest absolute Gasteiger partial charge is 0.379 e. The van der Waals surface area contributed by atoms with Crippen LogP contribution in [0.5, 0.6) is 0 Å². The molecule has 0 saturated carbocycles. The molecule has 0 fully saturated rings. The van der Waals surface area contributed by atoms with Crippen LogP contribution in [-0.2, 0) is 9.47 Å². The van der Waals surface area contributed by atoms with Crippen LogP contribution >= 0.6 is 0 Å². The fourth-order valence-corrected chi connectivity index (χ4v) is 0.877. The molecule has 0 rings (SSSR count). The third-order valence-corrected chi connectivity index (χ3v) is 2.32. The maximum atomic E-state index is 5.45. The highest BCUT2D eigenvalue weighted by Crippen LogP contribution is 1.99. The van der Waals surface area contributed by atoms with E-state index in [0.29, 0.717) is 18.1 Å². The zero-order chi connectivity index (χ0) is 13.0. The minimum absolute atomic E-state index is 0.437. The first-order valence-corrected chi connectivity index (χ1v) is 6.70. The van der Waals surface area contributed by atoms with Gasteiger partial charge in [0, 0.05) is 13.2 Å². The van der Waals surface area contributed by atoms with Crippen molar-refractivity contribution in [1.82, 2.24) is 0 Å². The van der Waals surface area contributed by atoms with Crippen LogP contribution in [0, 0.1) is 5.92 Å². The summed E-state index contributed by atoms with van der Waals surface area (Å²) in [5.41, 5.74) is 0. The van der Waals surface area contributed by atoms with Gasteiger partial charge in [-0.05, 0) is 39.5 Å². The molecule has 0 radical (unpaired) electrons. The summed E-state index contributed by atoms with van der Waals surface area (Å²) in [6, 6.07) is 0. The molecule has 0 spiro atoms. The van der Waals surface area contributed by atoms with Crippen molar-refractivity contribution in [3.63, 3.8) is 0 Å². The second kappa shape index (κ2) is 13.0. The maximum Gasteiger partial charge on any atom is 0.0544 e. The van der Waals surface area contributed by atoms with Gasteiger partial charge in [0.05, 0.1) is 12.2 Å². The van der Waals surface area contributed by atoms with Crippen LogP contribution in [-0.4, -0.2) is 25.4 Å². The zero-order valence-corrected chi connectivity index (χ0v) is 12.4. The van der Waals surface area contributed by atoms with Crippen molar-refractivity contribution in [1.29, 1.82) is 0 Å². The summed E-state index contributed by atoms with van der Waals surface area (Å²) >= 11 is 0. The Hall–Kier alpha value is -0.0800. The highest BCUT2D eigenvalue weighted by molar-refractivity contribution is 4.46. The summed E-state index contributed by atoms with van der Waals surface area (Å²) in [7, 11) is 0. The molecule has 0 aromatic rings. The minimum atomic E-state index is 0.437. The molecule has 0 aliphatic rings. The van der Waals surface area contributed by atoms with Gasteiger partial charge in [-0.2, -0.15) is 0 Å². The summed E-state index contributed by atoms with van der Waals surface area (Å²) in [6.07, 6.45) is 3.12. The molecule has 16 heavy (non-hydrogen) atoms. The lowest BCUT2D eigenvalue weighted by Gasteiger charge is -2.11. The summed E-state index contributed by atoms with van der Waals surface area (Å²) in [5, 5.41) is 0. The molecule has 100 valence electrons. The molecule has 2 nitrogen and oxygen atoms in total. The summed E-state index contributed by atoms with van der Waals surface area (Å²) in [6.45, 7) is 16.6. The second-order valence-electron chi connectivity index (χ2n) is 4.62. The Bertz CT molecular complexity index is 124. The number of ether oxygens (including phenoxy) is 2. The van der Waals surface area contributed by atoms with E-state index in [1.54, 1.807) is 0 Å². The molecule has 2 heteroatoms. The lowest BCUT2D eigenvalue weighted by molar-refractivity contribution is 0.0455. The average molecular weight is 232 g/mol. The molecule has 0 heterocycles. The van der Waals surface area contributed by atoms with Gasteiger partial charge < -0.3 is 9.47 Å². The highest BCUT2D eigenvalue weighted by Gasteiger charge is 1.98. The zero-order valence-electron chi connectivity index (χ0n) is 12.4. The second-order valence-corrected chi connectivity index (χ2v) is 4.62. The van der Waals surface area contributed by atoms with Crippen molar-refractivity contribution in [2.75, 3.05) is 13.2 Å². The van der Waals surface area contributed by atoms with E-state index < -0.39 is 0 Å². The minimum Gasteiger partial charge on any atom is -0.379 e. The van der Waals surface area contributed by atoms with Crippen molar-refractivity contribution < 1.29 is 9.47 Å². The smallest absolute Gasteiger partial charge is 0.0544 e. The molecule has 0 amide bonds. The predicted octanol–water partition coefficient (Wildman–Crippen LogP) is 4.28. The Kier molecular flexibility index (Phi) is 14.8. The van der Waals surface area contributed by atoms with E-state index in [1.165, 1.54) is 0 Å². The van der Waals surface area contributed by atoms with Gasteiger partial charge in [0.1, 0.15) is 0 Å². The van der Waals surface area contributed by atoms with Crippen LogP contribution in [0.1, 0.15) is 61.3 Å². The van der Waals surface area contributed by atoms with Crippen molar-refractivity contribution >= 4 is 0 Å². The quantitative estimate of drug-likeness (QED) is 0.652. The van der Waals surface area contributed by atoms with E-state index in [1.807, 2.05) is 6.92 Å². The summed E-state index contributed by atoms with van der Waals surface area (Å²) in [4.78, 5) is 0. The molecule has 0 aliphatic carbocycles. The number of rotatable bonds is 7. The predicted molar refractivity (Wildman–Crippen MR) is 71.9 cm³/mol. The Labute approximate surface area is 103 Å². The summed E-state index contributed by atoms with van der Waals surface area (Å²) in [5.74, 6) is 0.666. The molecule has 0 N–H and O–H groups in total. The molecule has 0 aliphatic heterocycles. The maximum absolute atomic E-state index is 5.45. The van der Waals surface area contributed by atoms with Crippen LogP contribution in [0.15, 0.2) is 0 Å². The first-order valence-electron chi connectivity index (χ1n) is 6.70. The fraction of sp³-hybridized carbons (Fsp3) is 1.00. The highest BCUT2D eigenvalue weighted by atomic mass is 16.5. The van der Waals surface area contributed by atoms with Crippen molar-refractivity contribution in [2.24, 2.45) is 5.92 Å². The van der Waals surface area contributed by atoms with Crippen LogP contribution < -0.4 is 0 Å². The molecule has 0 saturated heterocycles. The van der Waals surface area contributed by atoms with Gasteiger partial charge in [-0.25, -0.2) is 0 Å².